The maximum absolute atomic E-state index is 5.45. The largest absolute Gasteiger partial charge is 0.379 e. The molecule has 2 nitrogen and oxygen atoms in total. The summed E-state index contributed by atoms with van der Waals surface area (Å²) in [6.45, 7) is 5.63. The van der Waals surface area contributed by atoms with Crippen LogP contribution >= 0.6 is 0 Å². The quantitative estimate of drug-likeness (QED) is 0.705. The fourth-order valence-electron chi connectivity index (χ4n) is 2.13. The minimum atomic E-state index is 0.0823. The van der Waals surface area contributed by atoms with Gasteiger partial charge in [0.15, 0.2) is 0 Å². The maximum Gasteiger partial charge on any atom is 0.0625 e. The van der Waals surface area contributed by atoms with E-state index in [0.717, 1.165) is 17.9 Å². The van der Waals surface area contributed by atoms with Crippen molar-refractivity contribution in [3.05, 3.63) is 0 Å². The summed E-state index contributed by atoms with van der Waals surface area (Å²) in [7, 11) is 1.82. The van der Waals surface area contributed by atoms with E-state index in [9.17, 15) is 0 Å². The number of rotatable bonds is 6. The number of ether oxygens (including phenoxy) is 1. The summed E-state index contributed by atoms with van der Waals surface area (Å²) >= 11 is 0. The molecule has 2 atom stereocenters. The van der Waals surface area contributed by atoms with Crippen molar-refractivity contribution >= 4 is 0 Å². The molecule has 0 aromatic heterocycles. The molecule has 0 spiro atoms. The van der Waals surface area contributed by atoms with Crippen molar-refractivity contribution in [2.75, 3.05) is 13.7 Å². The summed E-state index contributed by atoms with van der Waals surface area (Å²) in [6.07, 6.45) is 5.44. The second-order valence-electron chi connectivity index (χ2n) is 5.61. The topological polar surface area (TPSA) is 21.3 Å². The summed E-state index contributed by atoms with van der Waals surface area (Å²) in [5.74, 6) is 1.85. The lowest BCUT2D eigenvalue weighted by Gasteiger charge is -2.22. The Morgan fingerprint density at radius 2 is 2.00 bits per heavy atom. The highest BCUT2D eigenvalue weighted by atomic mass is 16.5. The van der Waals surface area contributed by atoms with Crippen LogP contribution in [0.2, 0.25) is 0 Å². The van der Waals surface area contributed by atoms with Crippen molar-refractivity contribution in [3.63, 3.8) is 0 Å². The molecule has 14 heavy (non-hydrogen) atoms. The van der Waals surface area contributed by atoms with E-state index in [1.807, 2.05) is 7.11 Å². The zero-order valence-electron chi connectivity index (χ0n) is 9.68. The Bertz CT molecular complexity index is 198. The molecular formula is C12H23NO. The van der Waals surface area contributed by atoms with E-state index < -0.39 is 0 Å². The summed E-state index contributed by atoms with van der Waals surface area (Å²) in [5.41, 5.74) is 0.0823. The molecule has 1 N–H and O–H groups in total. The molecule has 0 heterocycles. The van der Waals surface area contributed by atoms with Crippen molar-refractivity contribution in [3.8, 4) is 0 Å². The number of methoxy groups -OCH3 is 1. The zero-order valence-corrected chi connectivity index (χ0v) is 9.68. The first-order valence-electron chi connectivity index (χ1n) is 5.89. The second-order valence-corrected chi connectivity index (χ2v) is 5.61. The lowest BCUT2D eigenvalue weighted by Crippen LogP contribution is -2.24. The molecule has 0 bridgehead atoms. The number of hydrogen-bond donors (Lipinski definition) is 1. The molecule has 2 unspecified atom stereocenters. The average molecular weight is 197 g/mol. The Morgan fingerprint density at radius 1 is 1.29 bits per heavy atom. The molecule has 0 aliphatic heterocycles. The molecule has 2 rings (SSSR count). The predicted molar refractivity (Wildman–Crippen MR) is 58.3 cm³/mol. The van der Waals surface area contributed by atoms with Gasteiger partial charge in [-0.15, -0.1) is 0 Å². The lowest BCUT2D eigenvalue weighted by atomic mass is 10.0. The summed E-state index contributed by atoms with van der Waals surface area (Å²) in [4.78, 5) is 0. The SMILES string of the molecule is COC(C)(C)CC1CC1CNC1CC1. The molecule has 2 heteroatoms. The first-order chi connectivity index (χ1) is 6.61. The monoisotopic (exact) mass is 197 g/mol. The first-order valence-corrected chi connectivity index (χ1v) is 5.89. The van der Waals surface area contributed by atoms with E-state index in [1.165, 1.54) is 32.2 Å². The van der Waals surface area contributed by atoms with Crippen LogP contribution in [0.4, 0.5) is 0 Å². The smallest absolute Gasteiger partial charge is 0.0625 e. The molecule has 0 aromatic carbocycles. The molecule has 2 aliphatic rings. The average Bonchev–Trinajstić information content (AvgIpc) is 2.96. The lowest BCUT2D eigenvalue weighted by molar-refractivity contribution is 0.00971. The van der Waals surface area contributed by atoms with Gasteiger partial charge in [-0.05, 0) is 57.9 Å². The van der Waals surface area contributed by atoms with Crippen molar-refractivity contribution in [2.45, 2.75) is 51.2 Å². The van der Waals surface area contributed by atoms with Crippen LogP contribution in [0.1, 0.15) is 39.5 Å². The van der Waals surface area contributed by atoms with Gasteiger partial charge in [0, 0.05) is 13.2 Å². The van der Waals surface area contributed by atoms with Gasteiger partial charge >= 0.3 is 0 Å². The van der Waals surface area contributed by atoms with Crippen molar-refractivity contribution in [2.24, 2.45) is 11.8 Å². The number of nitrogens with one attached hydrogen (secondary N) is 1. The Balaban J connectivity index is 1.60. The molecule has 82 valence electrons. The fourth-order valence-corrected chi connectivity index (χ4v) is 2.13. The van der Waals surface area contributed by atoms with Crippen LogP contribution < -0.4 is 5.32 Å². The van der Waals surface area contributed by atoms with Crippen molar-refractivity contribution in [1.82, 2.24) is 5.32 Å². The van der Waals surface area contributed by atoms with E-state index in [-0.39, 0.29) is 5.60 Å². The van der Waals surface area contributed by atoms with Crippen LogP contribution in [-0.4, -0.2) is 25.3 Å². The summed E-state index contributed by atoms with van der Waals surface area (Å²) in [5, 5.41) is 3.61. The maximum atomic E-state index is 5.45. The van der Waals surface area contributed by atoms with Crippen LogP contribution in [0.15, 0.2) is 0 Å². The van der Waals surface area contributed by atoms with Gasteiger partial charge in [-0.3, -0.25) is 0 Å². The van der Waals surface area contributed by atoms with E-state index in [4.69, 9.17) is 4.74 Å². The van der Waals surface area contributed by atoms with Gasteiger partial charge < -0.3 is 10.1 Å². The van der Waals surface area contributed by atoms with E-state index in [0.29, 0.717) is 0 Å². The normalized spacial score (nSPS) is 31.9. The minimum Gasteiger partial charge on any atom is -0.379 e. The van der Waals surface area contributed by atoms with Gasteiger partial charge in [0.05, 0.1) is 5.60 Å². The molecule has 2 fully saturated rings. The van der Waals surface area contributed by atoms with Crippen LogP contribution in [0.5, 0.6) is 0 Å². The van der Waals surface area contributed by atoms with Crippen LogP contribution in [-0.2, 0) is 4.74 Å². The third-order valence-corrected chi connectivity index (χ3v) is 3.62. The molecule has 0 saturated heterocycles. The van der Waals surface area contributed by atoms with Crippen LogP contribution in [0.3, 0.4) is 0 Å². The van der Waals surface area contributed by atoms with Gasteiger partial charge in [0.25, 0.3) is 0 Å². The third-order valence-electron chi connectivity index (χ3n) is 3.62. The van der Waals surface area contributed by atoms with E-state index in [1.54, 1.807) is 0 Å². The van der Waals surface area contributed by atoms with E-state index >= 15 is 0 Å². The van der Waals surface area contributed by atoms with Crippen LogP contribution in [0, 0.1) is 11.8 Å². The summed E-state index contributed by atoms with van der Waals surface area (Å²) < 4.78 is 5.45. The second kappa shape index (κ2) is 3.82. The Labute approximate surface area is 87.4 Å². The zero-order chi connectivity index (χ0) is 10.2. The third kappa shape index (κ3) is 2.96. The van der Waals surface area contributed by atoms with Gasteiger partial charge in [0.2, 0.25) is 0 Å². The van der Waals surface area contributed by atoms with Gasteiger partial charge in [-0.2, -0.15) is 0 Å². The molecule has 0 aromatic rings. The van der Waals surface area contributed by atoms with Crippen molar-refractivity contribution in [1.29, 1.82) is 0 Å². The molecule has 0 amide bonds. The minimum absolute atomic E-state index is 0.0823. The first kappa shape index (κ1) is 10.4. The standard InChI is InChI=1S/C12H23NO/c1-12(2,14-3)7-9-6-10(9)8-13-11-4-5-11/h9-11,13H,4-8H2,1-3H3. The van der Waals surface area contributed by atoms with Gasteiger partial charge in [-0.25, -0.2) is 0 Å². The molecule has 2 saturated carbocycles. The number of hydrogen-bond acceptors (Lipinski definition) is 2. The highest BCUT2D eigenvalue weighted by Crippen LogP contribution is 2.44. The van der Waals surface area contributed by atoms with Crippen LogP contribution in [0.25, 0.3) is 0 Å². The molecule has 0 radical (unpaired) electrons. The molecular weight excluding hydrogens is 174 g/mol. The van der Waals surface area contributed by atoms with E-state index in [2.05, 4.69) is 19.2 Å². The Hall–Kier alpha value is -0.0800. The van der Waals surface area contributed by atoms with Gasteiger partial charge in [0.1, 0.15) is 0 Å². The summed E-state index contributed by atoms with van der Waals surface area (Å²) in [6, 6.07) is 0.867. The molecule has 2 aliphatic carbocycles. The predicted octanol–water partition coefficient (Wildman–Crippen LogP) is 2.19. The fraction of sp³-hybridized carbons (Fsp3) is 1.00. The highest BCUT2D eigenvalue weighted by molar-refractivity contribution is 4.93. The Morgan fingerprint density at radius 3 is 2.57 bits per heavy atom. The highest BCUT2D eigenvalue weighted by Gasteiger charge is 2.40. The van der Waals surface area contributed by atoms with Crippen molar-refractivity contribution < 1.29 is 4.74 Å². The Kier molecular flexibility index (Phi) is 2.85. The van der Waals surface area contributed by atoms with Gasteiger partial charge in [-0.1, -0.05) is 0 Å².